The molecular formula is C14H18BrClN4. The molecule has 6 heteroatoms. The van der Waals surface area contributed by atoms with E-state index in [1.807, 2.05) is 0 Å². The summed E-state index contributed by atoms with van der Waals surface area (Å²) >= 11 is 9.70. The fraction of sp³-hybridized carbons (Fsp3) is 0.500. The summed E-state index contributed by atoms with van der Waals surface area (Å²) in [5.74, 6) is 1.14. The van der Waals surface area contributed by atoms with E-state index in [0.29, 0.717) is 16.9 Å². The number of aromatic nitrogens is 4. The van der Waals surface area contributed by atoms with E-state index in [1.165, 1.54) is 0 Å². The van der Waals surface area contributed by atoms with Crippen LogP contribution in [-0.4, -0.2) is 19.5 Å². The minimum absolute atomic E-state index is 0.454. The molecule has 0 bridgehead atoms. The molecule has 0 aliphatic carbocycles. The normalized spacial score (nSPS) is 11.3. The molecule has 0 aliphatic heterocycles. The first kappa shape index (κ1) is 15.4. The maximum atomic E-state index is 6.22. The Morgan fingerprint density at radius 2 is 2.10 bits per heavy atom. The van der Waals surface area contributed by atoms with Gasteiger partial charge in [0.05, 0.1) is 22.7 Å². The lowest BCUT2D eigenvalue weighted by Gasteiger charge is -2.11. The molecule has 0 N–H and O–H groups in total. The van der Waals surface area contributed by atoms with Gasteiger partial charge in [-0.1, -0.05) is 32.4 Å². The zero-order valence-corrected chi connectivity index (χ0v) is 14.2. The van der Waals surface area contributed by atoms with Crippen LogP contribution in [0.5, 0.6) is 0 Å². The predicted molar refractivity (Wildman–Crippen MR) is 84.8 cm³/mol. The highest BCUT2D eigenvalue weighted by molar-refractivity contribution is 9.10. The monoisotopic (exact) mass is 356 g/mol. The second-order valence-electron chi connectivity index (χ2n) is 5.17. The number of nitrogens with zero attached hydrogens (tertiary/aromatic N) is 4. The first-order chi connectivity index (χ1) is 9.52. The van der Waals surface area contributed by atoms with Crippen LogP contribution in [0.3, 0.4) is 0 Å². The number of hydrogen-bond donors (Lipinski definition) is 0. The highest BCUT2D eigenvalue weighted by atomic mass is 79.9. The van der Waals surface area contributed by atoms with E-state index in [1.54, 1.807) is 12.5 Å². The number of rotatable bonds is 5. The quantitative estimate of drug-likeness (QED) is 0.747. The van der Waals surface area contributed by atoms with Crippen LogP contribution in [0.15, 0.2) is 17.0 Å². The molecule has 0 radical (unpaired) electrons. The molecule has 2 heterocycles. The van der Waals surface area contributed by atoms with Crippen LogP contribution in [0.4, 0.5) is 0 Å². The van der Waals surface area contributed by atoms with Gasteiger partial charge in [0.25, 0.3) is 0 Å². The third-order valence-corrected chi connectivity index (χ3v) is 4.22. The van der Waals surface area contributed by atoms with E-state index in [9.17, 15) is 0 Å². The molecule has 0 saturated heterocycles. The van der Waals surface area contributed by atoms with Gasteiger partial charge in [0.1, 0.15) is 10.8 Å². The lowest BCUT2D eigenvalue weighted by Crippen LogP contribution is -2.05. The maximum absolute atomic E-state index is 6.22. The van der Waals surface area contributed by atoms with Gasteiger partial charge in [-0.15, -0.1) is 0 Å². The molecular weight excluding hydrogens is 340 g/mol. The van der Waals surface area contributed by atoms with Crippen LogP contribution >= 0.6 is 27.5 Å². The lowest BCUT2D eigenvalue weighted by atomic mass is 10.1. The van der Waals surface area contributed by atoms with Crippen molar-refractivity contribution in [1.82, 2.24) is 19.5 Å². The number of halogens is 2. The van der Waals surface area contributed by atoms with E-state index in [4.69, 9.17) is 11.6 Å². The molecule has 0 fully saturated rings. The molecule has 0 unspecified atom stereocenters. The van der Waals surface area contributed by atoms with Gasteiger partial charge in [-0.2, -0.15) is 0 Å². The van der Waals surface area contributed by atoms with Crippen molar-refractivity contribution >= 4 is 27.5 Å². The van der Waals surface area contributed by atoms with Crippen LogP contribution < -0.4 is 0 Å². The van der Waals surface area contributed by atoms with Crippen LogP contribution in [0.1, 0.15) is 32.9 Å². The molecule has 4 nitrogen and oxygen atoms in total. The minimum atomic E-state index is 0.454. The Bertz CT molecular complexity index is 595. The van der Waals surface area contributed by atoms with E-state index in [2.05, 4.69) is 56.2 Å². The second-order valence-corrected chi connectivity index (χ2v) is 6.32. The van der Waals surface area contributed by atoms with Gasteiger partial charge in [0.15, 0.2) is 5.82 Å². The molecule has 0 aliphatic rings. The van der Waals surface area contributed by atoms with Gasteiger partial charge in [0.2, 0.25) is 0 Å². The van der Waals surface area contributed by atoms with Gasteiger partial charge in [-0.25, -0.2) is 15.0 Å². The number of aryl methyl sites for hydroxylation is 1. The summed E-state index contributed by atoms with van der Waals surface area (Å²) in [6.45, 7) is 7.34. The number of hydrogen-bond acceptors (Lipinski definition) is 3. The Morgan fingerprint density at radius 1 is 1.35 bits per heavy atom. The van der Waals surface area contributed by atoms with Crippen molar-refractivity contribution in [3.63, 3.8) is 0 Å². The molecule has 2 aromatic heterocycles. The van der Waals surface area contributed by atoms with Gasteiger partial charge >= 0.3 is 0 Å². The first-order valence-electron chi connectivity index (χ1n) is 6.75. The third-order valence-electron chi connectivity index (χ3n) is 2.89. The van der Waals surface area contributed by atoms with Crippen LogP contribution in [0, 0.1) is 5.92 Å². The third kappa shape index (κ3) is 3.38. The van der Waals surface area contributed by atoms with E-state index < -0.39 is 0 Å². The summed E-state index contributed by atoms with van der Waals surface area (Å²) in [4.78, 5) is 13.2. The second kappa shape index (κ2) is 6.68. The SMILES string of the molecule is CCCn1cncc1-c1nc(Cl)c(Br)c(CC(C)C)n1. The van der Waals surface area contributed by atoms with Crippen LogP contribution in [0.2, 0.25) is 5.15 Å². The van der Waals surface area contributed by atoms with Crippen molar-refractivity contribution in [3.05, 3.63) is 27.8 Å². The molecule has 2 aromatic rings. The lowest BCUT2D eigenvalue weighted by molar-refractivity contribution is 0.631. The number of imidazole rings is 1. The minimum Gasteiger partial charge on any atom is -0.328 e. The summed E-state index contributed by atoms with van der Waals surface area (Å²) in [6, 6.07) is 0. The van der Waals surface area contributed by atoms with Gasteiger partial charge in [-0.05, 0) is 34.7 Å². The van der Waals surface area contributed by atoms with E-state index in [0.717, 1.165) is 35.2 Å². The molecule has 0 spiro atoms. The summed E-state index contributed by atoms with van der Waals surface area (Å²) in [5.41, 5.74) is 1.85. The highest BCUT2D eigenvalue weighted by Gasteiger charge is 2.15. The van der Waals surface area contributed by atoms with Crippen LogP contribution in [0.25, 0.3) is 11.5 Å². The van der Waals surface area contributed by atoms with Crippen molar-refractivity contribution in [2.45, 2.75) is 40.2 Å². The maximum Gasteiger partial charge on any atom is 0.179 e. The van der Waals surface area contributed by atoms with Crippen LogP contribution in [-0.2, 0) is 13.0 Å². The zero-order chi connectivity index (χ0) is 14.7. The molecule has 0 aromatic carbocycles. The van der Waals surface area contributed by atoms with Crippen molar-refractivity contribution in [2.24, 2.45) is 5.92 Å². The summed E-state index contributed by atoms with van der Waals surface area (Å²) in [7, 11) is 0. The fourth-order valence-electron chi connectivity index (χ4n) is 2.03. The largest absolute Gasteiger partial charge is 0.328 e. The van der Waals surface area contributed by atoms with Gasteiger partial charge in [-0.3, -0.25) is 0 Å². The van der Waals surface area contributed by atoms with Crippen molar-refractivity contribution in [1.29, 1.82) is 0 Å². The van der Waals surface area contributed by atoms with E-state index in [-0.39, 0.29) is 0 Å². The van der Waals surface area contributed by atoms with Gasteiger partial charge < -0.3 is 4.57 Å². The molecule has 0 atom stereocenters. The average molecular weight is 358 g/mol. The standard InChI is InChI=1S/C14H18BrClN4/c1-4-5-20-8-17-7-11(20)14-18-10(6-9(2)3)12(15)13(16)19-14/h7-9H,4-6H2,1-3H3. The predicted octanol–water partition coefficient (Wildman–Crippen LogP) is 4.36. The van der Waals surface area contributed by atoms with Crippen molar-refractivity contribution < 1.29 is 0 Å². The first-order valence-corrected chi connectivity index (χ1v) is 7.92. The smallest absolute Gasteiger partial charge is 0.179 e. The molecule has 2 rings (SSSR count). The summed E-state index contributed by atoms with van der Waals surface area (Å²) < 4.78 is 2.84. The molecule has 20 heavy (non-hydrogen) atoms. The Balaban J connectivity index is 2.46. The molecule has 108 valence electrons. The molecule has 0 saturated carbocycles. The van der Waals surface area contributed by atoms with Gasteiger partial charge in [0, 0.05) is 6.54 Å². The Labute approximate surface area is 132 Å². The Morgan fingerprint density at radius 3 is 2.75 bits per heavy atom. The fourth-order valence-corrected chi connectivity index (χ4v) is 2.55. The summed E-state index contributed by atoms with van der Waals surface area (Å²) in [6.07, 6.45) is 5.48. The Hall–Kier alpha value is -0.940. The van der Waals surface area contributed by atoms with Crippen molar-refractivity contribution in [2.75, 3.05) is 0 Å². The Kier molecular flexibility index (Phi) is 5.16. The van der Waals surface area contributed by atoms with Crippen molar-refractivity contribution in [3.8, 4) is 11.5 Å². The van der Waals surface area contributed by atoms with E-state index >= 15 is 0 Å². The molecule has 0 amide bonds. The summed E-state index contributed by atoms with van der Waals surface area (Å²) in [5, 5.41) is 0.454. The topological polar surface area (TPSA) is 43.6 Å². The average Bonchev–Trinajstić information content (AvgIpc) is 2.83. The highest BCUT2D eigenvalue weighted by Crippen LogP contribution is 2.28. The zero-order valence-electron chi connectivity index (χ0n) is 11.9.